The molecule has 1 aliphatic rings. The minimum absolute atomic E-state index is 0.0930. The van der Waals surface area contributed by atoms with Crippen LogP contribution in [-0.4, -0.2) is 43.3 Å². The number of sulfonamides is 1. The van der Waals surface area contributed by atoms with Gasteiger partial charge in [0.15, 0.2) is 0 Å². The minimum atomic E-state index is -2.98. The Kier molecular flexibility index (Phi) is 2.51. The Hall–Kier alpha value is -0.130. The van der Waals surface area contributed by atoms with Crippen molar-refractivity contribution in [2.75, 3.05) is 25.4 Å². The third-order valence-electron chi connectivity index (χ3n) is 1.94. The zero-order valence-electron chi connectivity index (χ0n) is 6.52. The molecule has 0 aromatic rings. The van der Waals surface area contributed by atoms with Gasteiger partial charge in [-0.3, -0.25) is 0 Å². The van der Waals surface area contributed by atoms with Crippen LogP contribution in [0.3, 0.4) is 0 Å². The Morgan fingerprint density at radius 3 is 2.45 bits per heavy atom. The fourth-order valence-corrected chi connectivity index (χ4v) is 2.29. The average Bonchev–Trinajstić information content (AvgIpc) is 1.85. The van der Waals surface area contributed by atoms with E-state index in [2.05, 4.69) is 0 Å². The van der Waals surface area contributed by atoms with Crippen molar-refractivity contribution in [3.8, 4) is 0 Å². The second-order valence-electron chi connectivity index (χ2n) is 2.77. The topological polar surface area (TPSA) is 57.6 Å². The Morgan fingerprint density at radius 2 is 2.09 bits per heavy atom. The van der Waals surface area contributed by atoms with Gasteiger partial charge in [-0.2, -0.15) is 0 Å². The van der Waals surface area contributed by atoms with Crippen molar-refractivity contribution in [1.82, 2.24) is 4.31 Å². The van der Waals surface area contributed by atoms with Crippen LogP contribution in [0.2, 0.25) is 0 Å². The highest BCUT2D eigenvalue weighted by atomic mass is 32.2. The molecule has 4 nitrogen and oxygen atoms in total. The molecule has 5 heteroatoms. The van der Waals surface area contributed by atoms with Gasteiger partial charge in [-0.05, 0) is 6.92 Å². The molecule has 0 aromatic heterocycles. The van der Waals surface area contributed by atoms with E-state index in [1.807, 2.05) is 0 Å². The summed E-state index contributed by atoms with van der Waals surface area (Å²) >= 11 is 0. The van der Waals surface area contributed by atoms with Gasteiger partial charge in [0.2, 0.25) is 10.0 Å². The standard InChI is InChI=1S/C6H13NO3S/c1-2-11(9,10)7-3-6(4-7)5-8/h6,8H,2-5H2,1H3. The summed E-state index contributed by atoms with van der Waals surface area (Å²) in [5.41, 5.74) is 0. The molecule has 1 rings (SSSR count). The summed E-state index contributed by atoms with van der Waals surface area (Å²) in [5, 5.41) is 8.62. The molecular formula is C6H13NO3S. The Bertz CT molecular complexity index is 218. The zero-order valence-corrected chi connectivity index (χ0v) is 7.34. The van der Waals surface area contributed by atoms with Crippen LogP contribution in [-0.2, 0) is 10.0 Å². The number of hydrogen-bond donors (Lipinski definition) is 1. The summed E-state index contributed by atoms with van der Waals surface area (Å²) in [7, 11) is -2.98. The molecule has 0 bridgehead atoms. The molecule has 0 radical (unpaired) electrons. The number of rotatable bonds is 3. The van der Waals surface area contributed by atoms with Gasteiger partial charge < -0.3 is 5.11 Å². The molecular weight excluding hydrogens is 166 g/mol. The molecule has 0 saturated carbocycles. The maximum absolute atomic E-state index is 11.1. The first-order valence-corrected chi connectivity index (χ1v) is 5.29. The van der Waals surface area contributed by atoms with E-state index in [1.165, 1.54) is 4.31 Å². The normalized spacial score (nSPS) is 21.6. The lowest BCUT2D eigenvalue weighted by molar-refractivity contribution is 0.117. The predicted molar refractivity (Wildman–Crippen MR) is 41.6 cm³/mol. The third kappa shape index (κ3) is 1.72. The summed E-state index contributed by atoms with van der Waals surface area (Å²) < 4.78 is 23.6. The van der Waals surface area contributed by atoms with E-state index < -0.39 is 10.0 Å². The highest BCUT2D eigenvalue weighted by molar-refractivity contribution is 7.89. The molecule has 1 saturated heterocycles. The van der Waals surface area contributed by atoms with E-state index in [4.69, 9.17) is 5.11 Å². The van der Waals surface area contributed by atoms with Crippen molar-refractivity contribution in [3.63, 3.8) is 0 Å². The monoisotopic (exact) mass is 179 g/mol. The number of hydrogen-bond acceptors (Lipinski definition) is 3. The van der Waals surface area contributed by atoms with E-state index in [0.717, 1.165) is 0 Å². The van der Waals surface area contributed by atoms with E-state index in [0.29, 0.717) is 13.1 Å². The molecule has 0 atom stereocenters. The lowest BCUT2D eigenvalue weighted by Gasteiger charge is -2.36. The van der Waals surface area contributed by atoms with E-state index in [9.17, 15) is 8.42 Å². The van der Waals surface area contributed by atoms with E-state index in [1.54, 1.807) is 6.92 Å². The molecule has 0 aromatic carbocycles. The van der Waals surface area contributed by atoms with Gasteiger partial charge in [0.25, 0.3) is 0 Å². The fraction of sp³-hybridized carbons (Fsp3) is 1.00. The smallest absolute Gasteiger partial charge is 0.213 e. The maximum atomic E-state index is 11.1. The molecule has 11 heavy (non-hydrogen) atoms. The first-order chi connectivity index (χ1) is 5.10. The van der Waals surface area contributed by atoms with Crippen LogP contribution in [0.15, 0.2) is 0 Å². The lowest BCUT2D eigenvalue weighted by Crippen LogP contribution is -2.51. The molecule has 0 amide bonds. The largest absolute Gasteiger partial charge is 0.396 e. The van der Waals surface area contributed by atoms with Crippen LogP contribution >= 0.6 is 0 Å². The van der Waals surface area contributed by atoms with Crippen LogP contribution in [0, 0.1) is 5.92 Å². The molecule has 66 valence electrons. The van der Waals surface area contributed by atoms with Crippen LogP contribution in [0.5, 0.6) is 0 Å². The van der Waals surface area contributed by atoms with E-state index in [-0.39, 0.29) is 18.3 Å². The van der Waals surface area contributed by atoms with Gasteiger partial charge in [-0.15, -0.1) is 0 Å². The molecule has 1 fully saturated rings. The third-order valence-corrected chi connectivity index (χ3v) is 3.75. The Morgan fingerprint density at radius 1 is 1.55 bits per heavy atom. The molecule has 1 heterocycles. The van der Waals surface area contributed by atoms with Gasteiger partial charge in [-0.25, -0.2) is 12.7 Å². The van der Waals surface area contributed by atoms with Crippen molar-refractivity contribution in [3.05, 3.63) is 0 Å². The number of aliphatic hydroxyl groups excluding tert-OH is 1. The van der Waals surface area contributed by atoms with Crippen LogP contribution in [0.1, 0.15) is 6.92 Å². The van der Waals surface area contributed by atoms with Crippen molar-refractivity contribution < 1.29 is 13.5 Å². The van der Waals surface area contributed by atoms with Gasteiger partial charge >= 0.3 is 0 Å². The maximum Gasteiger partial charge on any atom is 0.213 e. The van der Waals surface area contributed by atoms with Crippen LogP contribution in [0.4, 0.5) is 0 Å². The van der Waals surface area contributed by atoms with Gasteiger partial charge in [0.05, 0.1) is 5.75 Å². The first kappa shape index (κ1) is 8.96. The molecule has 0 unspecified atom stereocenters. The molecule has 1 N–H and O–H groups in total. The Balaban J connectivity index is 2.44. The van der Waals surface area contributed by atoms with Crippen molar-refractivity contribution >= 4 is 10.0 Å². The van der Waals surface area contributed by atoms with Gasteiger partial charge in [-0.1, -0.05) is 0 Å². The minimum Gasteiger partial charge on any atom is -0.396 e. The highest BCUT2D eigenvalue weighted by Crippen LogP contribution is 2.18. The van der Waals surface area contributed by atoms with E-state index >= 15 is 0 Å². The van der Waals surface area contributed by atoms with Crippen molar-refractivity contribution in [2.24, 2.45) is 5.92 Å². The Labute approximate surface area is 66.9 Å². The van der Waals surface area contributed by atoms with Crippen LogP contribution in [0.25, 0.3) is 0 Å². The number of nitrogens with zero attached hydrogens (tertiary/aromatic N) is 1. The summed E-state index contributed by atoms with van der Waals surface area (Å²) in [6.45, 7) is 2.71. The first-order valence-electron chi connectivity index (χ1n) is 3.69. The van der Waals surface area contributed by atoms with Gasteiger partial charge in [0.1, 0.15) is 0 Å². The summed E-state index contributed by atoms with van der Waals surface area (Å²) in [5.74, 6) is 0.321. The van der Waals surface area contributed by atoms with Gasteiger partial charge in [0, 0.05) is 25.6 Å². The highest BCUT2D eigenvalue weighted by Gasteiger charge is 2.33. The molecule has 0 spiro atoms. The summed E-state index contributed by atoms with van der Waals surface area (Å²) in [6, 6.07) is 0. The SMILES string of the molecule is CCS(=O)(=O)N1CC(CO)C1. The second-order valence-corrected chi connectivity index (χ2v) is 5.02. The second kappa shape index (κ2) is 3.08. The van der Waals surface area contributed by atoms with Crippen molar-refractivity contribution in [2.45, 2.75) is 6.92 Å². The average molecular weight is 179 g/mol. The summed E-state index contributed by atoms with van der Waals surface area (Å²) in [6.07, 6.45) is 0. The summed E-state index contributed by atoms with van der Waals surface area (Å²) in [4.78, 5) is 0. The molecule has 0 aliphatic carbocycles. The quantitative estimate of drug-likeness (QED) is 0.621. The number of aliphatic hydroxyl groups is 1. The zero-order chi connectivity index (χ0) is 8.48. The van der Waals surface area contributed by atoms with Crippen molar-refractivity contribution in [1.29, 1.82) is 0 Å². The predicted octanol–water partition coefficient (Wildman–Crippen LogP) is -0.740. The molecule has 1 aliphatic heterocycles. The lowest BCUT2D eigenvalue weighted by atomic mass is 10.1. The van der Waals surface area contributed by atoms with Crippen LogP contribution < -0.4 is 0 Å². The fourth-order valence-electron chi connectivity index (χ4n) is 1.05.